The molecular formula is C10H17N5O. The van der Waals surface area contributed by atoms with Crippen molar-refractivity contribution < 1.29 is 0 Å². The van der Waals surface area contributed by atoms with Crippen LogP contribution in [0.5, 0.6) is 0 Å². The van der Waals surface area contributed by atoms with Gasteiger partial charge in [-0.05, 0) is 7.05 Å². The van der Waals surface area contributed by atoms with Gasteiger partial charge in [-0.15, -0.1) is 0 Å². The van der Waals surface area contributed by atoms with Gasteiger partial charge in [0.25, 0.3) is 5.56 Å². The van der Waals surface area contributed by atoms with Crippen molar-refractivity contribution in [3.05, 3.63) is 22.7 Å². The number of rotatable bonds is 2. The lowest BCUT2D eigenvalue weighted by atomic mass is 10.1. The minimum absolute atomic E-state index is 0.125. The van der Waals surface area contributed by atoms with Gasteiger partial charge in [0, 0.05) is 32.2 Å². The SMILES string of the molecule is CN1CCN(c2cc(=O)[nH]cn2)C(CN)C1. The van der Waals surface area contributed by atoms with E-state index in [0.717, 1.165) is 19.6 Å². The Hall–Kier alpha value is -1.40. The summed E-state index contributed by atoms with van der Waals surface area (Å²) in [5.41, 5.74) is 5.62. The van der Waals surface area contributed by atoms with Gasteiger partial charge >= 0.3 is 0 Å². The summed E-state index contributed by atoms with van der Waals surface area (Å²) in [5.74, 6) is 0.715. The zero-order valence-electron chi connectivity index (χ0n) is 9.39. The van der Waals surface area contributed by atoms with Crippen molar-refractivity contribution in [2.45, 2.75) is 6.04 Å². The van der Waals surface area contributed by atoms with Crippen LogP contribution in [0.3, 0.4) is 0 Å². The number of piperazine rings is 1. The van der Waals surface area contributed by atoms with Crippen LogP contribution >= 0.6 is 0 Å². The maximum Gasteiger partial charge on any atom is 0.252 e. The van der Waals surface area contributed by atoms with E-state index >= 15 is 0 Å². The molecule has 6 nitrogen and oxygen atoms in total. The first-order valence-electron chi connectivity index (χ1n) is 5.40. The van der Waals surface area contributed by atoms with Crippen molar-refractivity contribution in [2.24, 2.45) is 5.73 Å². The molecule has 1 aromatic rings. The van der Waals surface area contributed by atoms with Crippen LogP contribution in [-0.2, 0) is 0 Å². The first kappa shape index (κ1) is 11.1. The third-order valence-corrected chi connectivity index (χ3v) is 2.92. The average molecular weight is 223 g/mol. The van der Waals surface area contributed by atoms with E-state index in [1.165, 1.54) is 12.4 Å². The quantitative estimate of drug-likeness (QED) is 0.662. The van der Waals surface area contributed by atoms with Gasteiger partial charge in [-0.25, -0.2) is 4.98 Å². The average Bonchev–Trinajstić information content (AvgIpc) is 2.28. The second-order valence-corrected chi connectivity index (χ2v) is 4.11. The van der Waals surface area contributed by atoms with Crippen molar-refractivity contribution in [1.29, 1.82) is 0 Å². The summed E-state index contributed by atoms with van der Waals surface area (Å²) in [5, 5.41) is 0. The molecule has 16 heavy (non-hydrogen) atoms. The zero-order chi connectivity index (χ0) is 11.5. The van der Waals surface area contributed by atoms with E-state index in [1.54, 1.807) is 0 Å². The highest BCUT2D eigenvalue weighted by Gasteiger charge is 2.25. The minimum Gasteiger partial charge on any atom is -0.350 e. The minimum atomic E-state index is -0.125. The highest BCUT2D eigenvalue weighted by Crippen LogP contribution is 2.14. The Morgan fingerprint density at radius 2 is 2.44 bits per heavy atom. The molecule has 0 radical (unpaired) electrons. The Labute approximate surface area is 94.1 Å². The Balaban J connectivity index is 2.22. The normalized spacial score (nSPS) is 22.4. The van der Waals surface area contributed by atoms with Gasteiger partial charge < -0.3 is 20.5 Å². The fraction of sp³-hybridized carbons (Fsp3) is 0.600. The summed E-state index contributed by atoms with van der Waals surface area (Å²) in [6.45, 7) is 3.30. The third kappa shape index (κ3) is 2.23. The topological polar surface area (TPSA) is 78.2 Å². The summed E-state index contributed by atoms with van der Waals surface area (Å²) < 4.78 is 0. The number of hydrogen-bond donors (Lipinski definition) is 2. The number of nitrogens with two attached hydrogens (primary N) is 1. The van der Waals surface area contributed by atoms with Gasteiger partial charge in [0.2, 0.25) is 0 Å². The van der Waals surface area contributed by atoms with E-state index in [9.17, 15) is 4.79 Å². The number of anilines is 1. The van der Waals surface area contributed by atoms with Gasteiger partial charge in [0.05, 0.1) is 12.4 Å². The van der Waals surface area contributed by atoms with Crippen molar-refractivity contribution in [3.8, 4) is 0 Å². The molecule has 0 aliphatic carbocycles. The maximum atomic E-state index is 11.2. The molecule has 3 N–H and O–H groups in total. The molecule has 6 heteroatoms. The largest absolute Gasteiger partial charge is 0.350 e. The standard InChI is InChI=1S/C10H17N5O/c1-14-2-3-15(8(5-11)6-14)9-4-10(16)13-7-12-9/h4,7-8H,2-3,5-6,11H2,1H3,(H,12,13,16). The molecule has 0 aromatic carbocycles. The van der Waals surface area contributed by atoms with Crippen LogP contribution in [0.2, 0.25) is 0 Å². The van der Waals surface area contributed by atoms with Crippen molar-refractivity contribution in [1.82, 2.24) is 14.9 Å². The number of aromatic amines is 1. The molecule has 0 bridgehead atoms. The van der Waals surface area contributed by atoms with E-state index in [2.05, 4.69) is 26.8 Å². The Bertz CT molecular complexity index is 404. The predicted octanol–water partition coefficient (Wildman–Crippen LogP) is -1.15. The Morgan fingerprint density at radius 3 is 3.12 bits per heavy atom. The van der Waals surface area contributed by atoms with Crippen LogP contribution in [0, 0.1) is 0 Å². The number of nitrogens with one attached hydrogen (secondary N) is 1. The summed E-state index contributed by atoms with van der Waals surface area (Å²) in [6.07, 6.45) is 1.43. The van der Waals surface area contributed by atoms with E-state index in [1.807, 2.05) is 0 Å². The second kappa shape index (κ2) is 4.63. The van der Waals surface area contributed by atoms with E-state index in [-0.39, 0.29) is 11.6 Å². The van der Waals surface area contributed by atoms with Gasteiger partial charge in [0.15, 0.2) is 0 Å². The molecule has 1 aromatic heterocycles. The molecule has 0 spiro atoms. The summed E-state index contributed by atoms with van der Waals surface area (Å²) >= 11 is 0. The van der Waals surface area contributed by atoms with Crippen molar-refractivity contribution in [3.63, 3.8) is 0 Å². The van der Waals surface area contributed by atoms with Crippen LogP contribution < -0.4 is 16.2 Å². The lowest BCUT2D eigenvalue weighted by Gasteiger charge is -2.40. The highest BCUT2D eigenvalue weighted by molar-refractivity contribution is 5.39. The van der Waals surface area contributed by atoms with Crippen LogP contribution in [0.25, 0.3) is 0 Å². The van der Waals surface area contributed by atoms with Crippen LogP contribution in [0.1, 0.15) is 0 Å². The fourth-order valence-corrected chi connectivity index (χ4v) is 2.03. The molecule has 2 heterocycles. The lowest BCUT2D eigenvalue weighted by Crippen LogP contribution is -2.55. The molecule has 1 unspecified atom stereocenters. The summed E-state index contributed by atoms with van der Waals surface area (Å²) in [4.78, 5) is 22.3. The molecule has 1 aliphatic heterocycles. The first-order valence-corrected chi connectivity index (χ1v) is 5.40. The van der Waals surface area contributed by atoms with Gasteiger partial charge in [0.1, 0.15) is 5.82 Å². The molecular weight excluding hydrogens is 206 g/mol. The highest BCUT2D eigenvalue weighted by atomic mass is 16.1. The van der Waals surface area contributed by atoms with E-state index < -0.39 is 0 Å². The van der Waals surface area contributed by atoms with Crippen LogP contribution in [-0.4, -0.2) is 54.1 Å². The number of likely N-dealkylation sites (N-methyl/N-ethyl adjacent to an activating group) is 1. The monoisotopic (exact) mass is 223 g/mol. The van der Waals surface area contributed by atoms with Gasteiger partial charge in [-0.3, -0.25) is 4.79 Å². The van der Waals surface area contributed by atoms with Crippen LogP contribution in [0.4, 0.5) is 5.82 Å². The van der Waals surface area contributed by atoms with E-state index in [0.29, 0.717) is 12.4 Å². The first-order chi connectivity index (χ1) is 7.70. The Kier molecular flexibility index (Phi) is 3.21. The molecule has 88 valence electrons. The number of H-pyrrole nitrogens is 1. The molecule has 1 fully saturated rings. The smallest absolute Gasteiger partial charge is 0.252 e. The zero-order valence-corrected chi connectivity index (χ0v) is 9.39. The fourth-order valence-electron chi connectivity index (χ4n) is 2.03. The number of nitrogens with zero attached hydrogens (tertiary/aromatic N) is 3. The third-order valence-electron chi connectivity index (χ3n) is 2.92. The van der Waals surface area contributed by atoms with Crippen LogP contribution in [0.15, 0.2) is 17.2 Å². The molecule has 0 saturated carbocycles. The molecule has 1 saturated heterocycles. The van der Waals surface area contributed by atoms with Gasteiger partial charge in [-0.1, -0.05) is 0 Å². The Morgan fingerprint density at radius 1 is 1.62 bits per heavy atom. The molecule has 1 aliphatic rings. The number of aromatic nitrogens is 2. The van der Waals surface area contributed by atoms with Gasteiger partial charge in [-0.2, -0.15) is 0 Å². The molecule has 1 atom stereocenters. The van der Waals surface area contributed by atoms with E-state index in [4.69, 9.17) is 5.73 Å². The molecule has 0 amide bonds. The van der Waals surface area contributed by atoms with Crippen molar-refractivity contribution in [2.75, 3.05) is 38.1 Å². The summed E-state index contributed by atoms with van der Waals surface area (Å²) in [6, 6.07) is 1.75. The second-order valence-electron chi connectivity index (χ2n) is 4.11. The molecule has 2 rings (SSSR count). The summed E-state index contributed by atoms with van der Waals surface area (Å²) in [7, 11) is 2.07. The van der Waals surface area contributed by atoms with Crippen molar-refractivity contribution >= 4 is 5.82 Å². The predicted molar refractivity (Wildman–Crippen MR) is 62.5 cm³/mol. The number of hydrogen-bond acceptors (Lipinski definition) is 5. The maximum absolute atomic E-state index is 11.2. The lowest BCUT2D eigenvalue weighted by molar-refractivity contribution is 0.268.